The van der Waals surface area contributed by atoms with Crippen LogP contribution in [-0.4, -0.2) is 39.4 Å². The monoisotopic (exact) mass is 388 g/mol. The number of halogens is 1. The highest BCUT2D eigenvalue weighted by molar-refractivity contribution is 9.10. The minimum atomic E-state index is 0.758. The van der Waals surface area contributed by atoms with E-state index in [-0.39, 0.29) is 0 Å². The SMILES string of the molecule is CCN(CCNc1ncnc2c1c(Br)nn2C)c1cccc(C)c1. The van der Waals surface area contributed by atoms with Gasteiger partial charge in [-0.25, -0.2) is 14.6 Å². The van der Waals surface area contributed by atoms with E-state index in [0.717, 1.165) is 41.1 Å². The highest BCUT2D eigenvalue weighted by Gasteiger charge is 2.13. The number of aryl methyl sites for hydroxylation is 2. The van der Waals surface area contributed by atoms with Crippen LogP contribution in [0.5, 0.6) is 0 Å². The van der Waals surface area contributed by atoms with Crippen molar-refractivity contribution in [2.24, 2.45) is 7.05 Å². The van der Waals surface area contributed by atoms with Gasteiger partial charge >= 0.3 is 0 Å². The van der Waals surface area contributed by atoms with Gasteiger partial charge in [0.2, 0.25) is 0 Å². The number of nitrogens with one attached hydrogen (secondary N) is 1. The van der Waals surface area contributed by atoms with E-state index >= 15 is 0 Å². The van der Waals surface area contributed by atoms with Gasteiger partial charge in [-0.15, -0.1) is 0 Å². The smallest absolute Gasteiger partial charge is 0.164 e. The Kier molecular flexibility index (Phi) is 4.99. The summed E-state index contributed by atoms with van der Waals surface area (Å²) in [5, 5.41) is 8.68. The molecule has 0 fully saturated rings. The van der Waals surface area contributed by atoms with E-state index in [1.54, 1.807) is 11.0 Å². The van der Waals surface area contributed by atoms with Gasteiger partial charge in [0.25, 0.3) is 0 Å². The predicted octanol–water partition coefficient (Wildman–Crippen LogP) is 3.37. The lowest BCUT2D eigenvalue weighted by atomic mass is 10.2. The molecule has 1 N–H and O–H groups in total. The van der Waals surface area contributed by atoms with Gasteiger partial charge < -0.3 is 10.2 Å². The Hall–Kier alpha value is -2.15. The van der Waals surface area contributed by atoms with Gasteiger partial charge in [-0.1, -0.05) is 12.1 Å². The number of aromatic nitrogens is 4. The van der Waals surface area contributed by atoms with Crippen LogP contribution in [0, 0.1) is 6.92 Å². The van der Waals surface area contributed by atoms with Crippen molar-refractivity contribution in [3.63, 3.8) is 0 Å². The molecular weight excluding hydrogens is 368 g/mol. The molecule has 1 aromatic carbocycles. The molecule has 3 aromatic rings. The van der Waals surface area contributed by atoms with Crippen molar-refractivity contribution in [2.75, 3.05) is 29.9 Å². The summed E-state index contributed by atoms with van der Waals surface area (Å²) < 4.78 is 2.51. The zero-order chi connectivity index (χ0) is 17.1. The first-order valence-corrected chi connectivity index (χ1v) is 8.78. The van der Waals surface area contributed by atoms with Gasteiger partial charge in [0.05, 0.1) is 5.39 Å². The minimum Gasteiger partial charge on any atom is -0.370 e. The molecule has 6 nitrogen and oxygen atoms in total. The normalized spacial score (nSPS) is 11.0. The van der Waals surface area contributed by atoms with Gasteiger partial charge in [-0.05, 0) is 47.5 Å². The maximum atomic E-state index is 4.37. The molecule has 0 aliphatic rings. The zero-order valence-electron chi connectivity index (χ0n) is 14.1. The van der Waals surface area contributed by atoms with Crippen LogP contribution < -0.4 is 10.2 Å². The molecule has 0 radical (unpaired) electrons. The van der Waals surface area contributed by atoms with Crippen LogP contribution in [0.25, 0.3) is 11.0 Å². The molecule has 0 unspecified atom stereocenters. The van der Waals surface area contributed by atoms with Crippen molar-refractivity contribution in [2.45, 2.75) is 13.8 Å². The lowest BCUT2D eigenvalue weighted by molar-refractivity contribution is 0.777. The number of nitrogens with zero attached hydrogens (tertiary/aromatic N) is 5. The summed E-state index contributed by atoms with van der Waals surface area (Å²) in [6.45, 7) is 6.93. The molecule has 0 atom stereocenters. The number of likely N-dealkylation sites (N-methyl/N-ethyl adjacent to an activating group) is 1. The van der Waals surface area contributed by atoms with Gasteiger partial charge in [0, 0.05) is 32.4 Å². The van der Waals surface area contributed by atoms with Gasteiger partial charge in [0.15, 0.2) is 5.65 Å². The number of hydrogen-bond donors (Lipinski definition) is 1. The van der Waals surface area contributed by atoms with Crippen molar-refractivity contribution < 1.29 is 0 Å². The Labute approximate surface area is 150 Å². The second-order valence-corrected chi connectivity index (χ2v) is 6.43. The first-order chi connectivity index (χ1) is 11.6. The highest BCUT2D eigenvalue weighted by atomic mass is 79.9. The third kappa shape index (κ3) is 3.36. The summed E-state index contributed by atoms with van der Waals surface area (Å²) in [6.07, 6.45) is 1.57. The molecule has 2 aromatic heterocycles. The van der Waals surface area contributed by atoms with Crippen LogP contribution in [0.3, 0.4) is 0 Å². The molecule has 0 saturated carbocycles. The fraction of sp³-hybridized carbons (Fsp3) is 0.353. The van der Waals surface area contributed by atoms with E-state index in [1.165, 1.54) is 11.3 Å². The van der Waals surface area contributed by atoms with Gasteiger partial charge in [-0.3, -0.25) is 0 Å². The van der Waals surface area contributed by atoms with E-state index in [4.69, 9.17) is 0 Å². The standard InChI is InChI=1S/C17H21BrN6/c1-4-24(13-7-5-6-12(2)10-13)9-8-19-16-14-15(18)22-23(3)17(14)21-11-20-16/h5-7,10-11H,4,8-9H2,1-3H3,(H,19,20,21). The Morgan fingerprint density at radius 2 is 2.12 bits per heavy atom. The van der Waals surface area contributed by atoms with Crippen molar-refractivity contribution in [3.05, 3.63) is 40.8 Å². The average molecular weight is 389 g/mol. The molecule has 0 aliphatic carbocycles. The van der Waals surface area contributed by atoms with Crippen LogP contribution in [0.1, 0.15) is 12.5 Å². The molecule has 0 saturated heterocycles. The van der Waals surface area contributed by atoms with Crippen LogP contribution in [-0.2, 0) is 7.05 Å². The Balaban J connectivity index is 1.72. The van der Waals surface area contributed by atoms with Crippen molar-refractivity contribution in [3.8, 4) is 0 Å². The molecular formula is C17H21BrN6. The van der Waals surface area contributed by atoms with E-state index in [2.05, 4.69) is 79.3 Å². The van der Waals surface area contributed by atoms with Crippen LogP contribution >= 0.6 is 15.9 Å². The molecule has 0 aliphatic heterocycles. The maximum Gasteiger partial charge on any atom is 0.164 e. The maximum absolute atomic E-state index is 4.37. The average Bonchev–Trinajstić information content (AvgIpc) is 2.87. The topological polar surface area (TPSA) is 58.9 Å². The fourth-order valence-electron chi connectivity index (χ4n) is 2.78. The third-order valence-electron chi connectivity index (χ3n) is 4.00. The zero-order valence-corrected chi connectivity index (χ0v) is 15.7. The van der Waals surface area contributed by atoms with Crippen molar-refractivity contribution in [1.82, 2.24) is 19.7 Å². The summed E-state index contributed by atoms with van der Waals surface area (Å²) in [5.74, 6) is 0.806. The van der Waals surface area contributed by atoms with Gasteiger partial charge in [0.1, 0.15) is 16.7 Å². The number of benzene rings is 1. The Morgan fingerprint density at radius 3 is 2.88 bits per heavy atom. The summed E-state index contributed by atoms with van der Waals surface area (Å²) in [4.78, 5) is 11.0. The van der Waals surface area contributed by atoms with E-state index in [9.17, 15) is 0 Å². The van der Waals surface area contributed by atoms with Crippen molar-refractivity contribution in [1.29, 1.82) is 0 Å². The van der Waals surface area contributed by atoms with Gasteiger partial charge in [-0.2, -0.15) is 5.10 Å². The summed E-state index contributed by atoms with van der Waals surface area (Å²) in [7, 11) is 1.88. The number of anilines is 2. The molecule has 3 rings (SSSR count). The molecule has 0 spiro atoms. The van der Waals surface area contributed by atoms with E-state index in [1.807, 2.05) is 7.05 Å². The molecule has 0 amide bonds. The molecule has 7 heteroatoms. The third-order valence-corrected chi connectivity index (χ3v) is 4.56. The predicted molar refractivity (Wildman–Crippen MR) is 102 cm³/mol. The lowest BCUT2D eigenvalue weighted by Crippen LogP contribution is -2.29. The Morgan fingerprint density at radius 1 is 1.29 bits per heavy atom. The van der Waals surface area contributed by atoms with Crippen LogP contribution in [0.4, 0.5) is 11.5 Å². The summed E-state index contributed by atoms with van der Waals surface area (Å²) in [6, 6.07) is 8.58. The Bertz CT molecular complexity index is 844. The quantitative estimate of drug-likeness (QED) is 0.701. The first kappa shape index (κ1) is 16.7. The first-order valence-electron chi connectivity index (χ1n) is 7.99. The second-order valence-electron chi connectivity index (χ2n) is 5.68. The number of rotatable bonds is 6. The summed E-state index contributed by atoms with van der Waals surface area (Å²) >= 11 is 3.49. The molecule has 0 bridgehead atoms. The molecule has 24 heavy (non-hydrogen) atoms. The van der Waals surface area contributed by atoms with Crippen LogP contribution in [0.2, 0.25) is 0 Å². The summed E-state index contributed by atoms with van der Waals surface area (Å²) in [5.41, 5.74) is 3.33. The lowest BCUT2D eigenvalue weighted by Gasteiger charge is -2.23. The molecule has 126 valence electrons. The highest BCUT2D eigenvalue weighted by Crippen LogP contribution is 2.26. The largest absolute Gasteiger partial charge is 0.370 e. The van der Waals surface area contributed by atoms with E-state index in [0.29, 0.717) is 0 Å². The van der Waals surface area contributed by atoms with Crippen molar-refractivity contribution >= 4 is 38.5 Å². The van der Waals surface area contributed by atoms with E-state index < -0.39 is 0 Å². The number of fused-ring (bicyclic) bond motifs is 1. The second kappa shape index (κ2) is 7.17. The fourth-order valence-corrected chi connectivity index (χ4v) is 3.38. The molecule has 2 heterocycles. The minimum absolute atomic E-state index is 0.758. The van der Waals surface area contributed by atoms with Crippen LogP contribution in [0.15, 0.2) is 35.2 Å². The number of hydrogen-bond acceptors (Lipinski definition) is 5.